The van der Waals surface area contributed by atoms with Gasteiger partial charge in [0.2, 0.25) is 6.54 Å². The predicted octanol–water partition coefficient (Wildman–Crippen LogP) is 2.26. The molecule has 5 nitrogen and oxygen atoms in total. The number of ketones is 1. The van der Waals surface area contributed by atoms with Gasteiger partial charge in [-0.1, -0.05) is 12.1 Å². The fourth-order valence-electron chi connectivity index (χ4n) is 1.24. The highest BCUT2D eigenvalue weighted by atomic mass is 16.6. The van der Waals surface area contributed by atoms with Gasteiger partial charge in [0.05, 0.1) is 11.4 Å². The minimum atomic E-state index is -0.437. The summed E-state index contributed by atoms with van der Waals surface area (Å²) in [6.07, 6.45) is 0. The highest BCUT2D eigenvalue weighted by Crippen LogP contribution is 2.14. The number of rotatable bonds is 4. The van der Waals surface area contributed by atoms with Gasteiger partial charge in [0.25, 0.3) is 0 Å². The largest absolute Gasteiger partial charge is 0.295 e. The number of carbonyl (C=O) groups excluding carboxylic acids is 1. The zero-order valence-electron chi connectivity index (χ0n) is 9.14. The Hall–Kier alpha value is -2.04. The molecule has 0 bridgehead atoms. The van der Waals surface area contributed by atoms with Crippen LogP contribution in [-0.4, -0.2) is 23.0 Å². The Morgan fingerprint density at radius 3 is 2.69 bits per heavy atom. The molecule has 1 aromatic rings. The number of nitro groups is 1. The van der Waals surface area contributed by atoms with E-state index in [1.165, 1.54) is 6.92 Å². The van der Waals surface area contributed by atoms with E-state index in [-0.39, 0.29) is 12.3 Å². The summed E-state index contributed by atoms with van der Waals surface area (Å²) in [6.45, 7) is 2.76. The lowest BCUT2D eigenvalue weighted by Crippen LogP contribution is -2.09. The van der Waals surface area contributed by atoms with Crippen LogP contribution in [0.15, 0.2) is 29.3 Å². The molecular formula is C11H12N2O3. The maximum absolute atomic E-state index is 11.1. The van der Waals surface area contributed by atoms with Crippen molar-refractivity contribution in [2.45, 2.75) is 13.8 Å². The van der Waals surface area contributed by atoms with E-state index < -0.39 is 4.92 Å². The highest BCUT2D eigenvalue weighted by Gasteiger charge is 2.03. The van der Waals surface area contributed by atoms with Gasteiger partial charge in [0.15, 0.2) is 5.78 Å². The molecule has 1 aromatic carbocycles. The quantitative estimate of drug-likeness (QED) is 0.338. The van der Waals surface area contributed by atoms with E-state index in [1.807, 2.05) is 0 Å². The monoisotopic (exact) mass is 220 g/mol. The fourth-order valence-corrected chi connectivity index (χ4v) is 1.24. The molecule has 0 aliphatic heterocycles. The van der Waals surface area contributed by atoms with Gasteiger partial charge >= 0.3 is 0 Å². The lowest BCUT2D eigenvalue weighted by atomic mass is 10.1. The molecule has 0 atom stereocenters. The van der Waals surface area contributed by atoms with Crippen molar-refractivity contribution in [2.24, 2.45) is 4.99 Å². The average molecular weight is 220 g/mol. The summed E-state index contributed by atoms with van der Waals surface area (Å²) in [6, 6.07) is 6.71. The highest BCUT2D eigenvalue weighted by molar-refractivity contribution is 5.95. The van der Waals surface area contributed by atoms with Crippen LogP contribution < -0.4 is 0 Å². The molecule has 0 radical (unpaired) electrons. The van der Waals surface area contributed by atoms with Crippen molar-refractivity contribution in [2.75, 3.05) is 6.54 Å². The molecule has 0 saturated heterocycles. The van der Waals surface area contributed by atoms with E-state index in [2.05, 4.69) is 4.99 Å². The second-order valence-corrected chi connectivity index (χ2v) is 3.44. The molecule has 0 aliphatic rings. The summed E-state index contributed by atoms with van der Waals surface area (Å²) in [7, 11) is 0. The van der Waals surface area contributed by atoms with Crippen LogP contribution in [0.3, 0.4) is 0 Å². The molecule has 0 unspecified atom stereocenters. The number of aliphatic imine (C=N–C) groups is 1. The van der Waals surface area contributed by atoms with Crippen LogP contribution in [0.2, 0.25) is 0 Å². The summed E-state index contributed by atoms with van der Waals surface area (Å²) in [5.41, 5.74) is 1.52. The van der Waals surface area contributed by atoms with E-state index in [0.29, 0.717) is 17.0 Å². The molecule has 0 fully saturated rings. The van der Waals surface area contributed by atoms with E-state index in [0.717, 1.165) is 0 Å². The Morgan fingerprint density at radius 2 is 2.12 bits per heavy atom. The standard InChI is InChI=1S/C11H12N2O3/c1-8(7-13(15)16)12-11-5-3-4-10(6-11)9(2)14/h3-6H,7H2,1-2H3. The molecule has 0 N–H and O–H groups in total. The minimum absolute atomic E-state index is 0.0519. The van der Waals surface area contributed by atoms with Gasteiger partial charge < -0.3 is 0 Å². The van der Waals surface area contributed by atoms with Crippen molar-refractivity contribution in [3.05, 3.63) is 39.9 Å². The first-order chi connectivity index (χ1) is 7.49. The molecule has 0 spiro atoms. The molecule has 0 heterocycles. The van der Waals surface area contributed by atoms with E-state index in [9.17, 15) is 14.9 Å². The predicted molar refractivity (Wildman–Crippen MR) is 61.1 cm³/mol. The molecule has 1 rings (SSSR count). The molecule has 0 amide bonds. The third-order valence-corrected chi connectivity index (χ3v) is 1.93. The second kappa shape index (κ2) is 5.16. The van der Waals surface area contributed by atoms with Crippen LogP contribution in [0.25, 0.3) is 0 Å². The third-order valence-electron chi connectivity index (χ3n) is 1.93. The number of Topliss-reactive ketones (excluding diaryl/α,β-unsaturated/α-hetero) is 1. The topological polar surface area (TPSA) is 72.6 Å². The Balaban J connectivity index is 2.92. The Bertz CT molecular complexity index is 452. The molecule has 16 heavy (non-hydrogen) atoms. The van der Waals surface area contributed by atoms with Gasteiger partial charge in [-0.05, 0) is 26.0 Å². The van der Waals surface area contributed by atoms with Gasteiger partial charge in [-0.3, -0.25) is 19.9 Å². The van der Waals surface area contributed by atoms with Crippen LogP contribution in [0.4, 0.5) is 5.69 Å². The van der Waals surface area contributed by atoms with Crippen molar-refractivity contribution < 1.29 is 9.72 Å². The van der Waals surface area contributed by atoms with E-state index in [1.54, 1.807) is 31.2 Å². The summed E-state index contributed by atoms with van der Waals surface area (Å²) in [4.78, 5) is 25.0. The van der Waals surface area contributed by atoms with Gasteiger partial charge in [-0.15, -0.1) is 0 Å². The van der Waals surface area contributed by atoms with Crippen LogP contribution in [0, 0.1) is 10.1 Å². The molecule has 0 aliphatic carbocycles. The Morgan fingerprint density at radius 1 is 1.44 bits per heavy atom. The normalized spacial score (nSPS) is 11.2. The lowest BCUT2D eigenvalue weighted by Gasteiger charge is -1.99. The Kier molecular flexibility index (Phi) is 3.88. The SMILES string of the molecule is CC(=O)c1cccc(N=C(C)C[N+](=O)[O-])c1. The smallest absolute Gasteiger partial charge is 0.241 e. The maximum atomic E-state index is 11.1. The van der Waals surface area contributed by atoms with Gasteiger partial charge in [-0.25, -0.2) is 0 Å². The van der Waals surface area contributed by atoms with Crippen molar-refractivity contribution >= 4 is 17.2 Å². The van der Waals surface area contributed by atoms with Crippen LogP contribution in [0.5, 0.6) is 0 Å². The number of carbonyl (C=O) groups is 1. The minimum Gasteiger partial charge on any atom is -0.295 e. The summed E-state index contributed by atoms with van der Waals surface area (Å²) >= 11 is 0. The average Bonchev–Trinajstić information content (AvgIpc) is 2.16. The number of benzene rings is 1. The molecule has 0 saturated carbocycles. The van der Waals surface area contributed by atoms with Crippen molar-refractivity contribution in [1.82, 2.24) is 0 Å². The van der Waals surface area contributed by atoms with Crippen LogP contribution in [-0.2, 0) is 0 Å². The molecular weight excluding hydrogens is 208 g/mol. The maximum Gasteiger partial charge on any atom is 0.241 e. The summed E-state index contributed by atoms with van der Waals surface area (Å²) in [5.74, 6) is -0.0519. The molecule has 0 aromatic heterocycles. The first-order valence-electron chi connectivity index (χ1n) is 4.76. The van der Waals surface area contributed by atoms with Crippen molar-refractivity contribution in [1.29, 1.82) is 0 Å². The van der Waals surface area contributed by atoms with Crippen molar-refractivity contribution in [3.63, 3.8) is 0 Å². The van der Waals surface area contributed by atoms with Gasteiger partial charge in [0, 0.05) is 10.5 Å². The zero-order chi connectivity index (χ0) is 12.1. The number of nitrogens with zero attached hydrogens (tertiary/aromatic N) is 2. The first-order valence-corrected chi connectivity index (χ1v) is 4.76. The van der Waals surface area contributed by atoms with Gasteiger partial charge in [0.1, 0.15) is 0 Å². The van der Waals surface area contributed by atoms with Gasteiger partial charge in [-0.2, -0.15) is 0 Å². The summed E-state index contributed by atoms with van der Waals surface area (Å²) < 4.78 is 0. The van der Waals surface area contributed by atoms with Crippen LogP contribution >= 0.6 is 0 Å². The van der Waals surface area contributed by atoms with Crippen molar-refractivity contribution in [3.8, 4) is 0 Å². The zero-order valence-corrected chi connectivity index (χ0v) is 9.14. The number of hydrogen-bond acceptors (Lipinski definition) is 4. The molecule has 5 heteroatoms. The lowest BCUT2D eigenvalue weighted by molar-refractivity contribution is -0.463. The van der Waals surface area contributed by atoms with E-state index in [4.69, 9.17) is 0 Å². The van der Waals surface area contributed by atoms with E-state index >= 15 is 0 Å². The second-order valence-electron chi connectivity index (χ2n) is 3.44. The first kappa shape index (κ1) is 12.0. The fraction of sp³-hybridized carbons (Fsp3) is 0.273. The number of hydrogen-bond donors (Lipinski definition) is 0. The molecule has 84 valence electrons. The third kappa shape index (κ3) is 3.61. The van der Waals surface area contributed by atoms with Crippen LogP contribution in [0.1, 0.15) is 24.2 Å². The Labute approximate surface area is 93.0 Å². The summed E-state index contributed by atoms with van der Waals surface area (Å²) in [5, 5.41) is 10.2.